The molecule has 3 rings (SSSR count). The van der Waals surface area contributed by atoms with Crippen LogP contribution < -0.4 is 10.1 Å². The highest BCUT2D eigenvalue weighted by atomic mass is 32.2. The van der Waals surface area contributed by atoms with Crippen LogP contribution in [0.2, 0.25) is 0 Å². The van der Waals surface area contributed by atoms with Gasteiger partial charge < -0.3 is 14.8 Å². The fraction of sp³-hybridized carbons (Fsp3) is 0.217. The van der Waals surface area contributed by atoms with Crippen LogP contribution in [0.15, 0.2) is 58.8 Å². The van der Waals surface area contributed by atoms with Crippen LogP contribution in [-0.2, 0) is 14.6 Å². The third kappa shape index (κ3) is 5.00. The van der Waals surface area contributed by atoms with Crippen molar-refractivity contribution in [3.8, 4) is 16.9 Å². The topological polar surface area (TPSA) is 98.8 Å². The van der Waals surface area contributed by atoms with E-state index in [9.17, 15) is 18.0 Å². The van der Waals surface area contributed by atoms with E-state index in [0.717, 1.165) is 5.56 Å². The van der Waals surface area contributed by atoms with Gasteiger partial charge in [0.05, 0.1) is 24.4 Å². The minimum absolute atomic E-state index is 0.0230. The Labute approximate surface area is 190 Å². The molecule has 1 N–H and O–H groups in total. The molecule has 1 heterocycles. The molecule has 3 aromatic rings. The molecule has 0 radical (unpaired) electrons. The maximum atomic E-state index is 12.8. The lowest BCUT2D eigenvalue weighted by Crippen LogP contribution is -2.15. The lowest BCUT2D eigenvalue weighted by atomic mass is 10.0. The summed E-state index contributed by atoms with van der Waals surface area (Å²) < 4.78 is 34.3. The average molecular weight is 474 g/mol. The predicted molar refractivity (Wildman–Crippen MR) is 124 cm³/mol. The number of methoxy groups -OCH3 is 1. The Hall–Kier alpha value is -3.17. The van der Waals surface area contributed by atoms with Crippen LogP contribution in [0.1, 0.15) is 34.6 Å². The molecule has 7 nitrogen and oxygen atoms in total. The first-order chi connectivity index (χ1) is 15.3. The van der Waals surface area contributed by atoms with Crippen molar-refractivity contribution in [2.75, 3.05) is 24.8 Å². The van der Waals surface area contributed by atoms with E-state index < -0.39 is 21.7 Å². The molecule has 0 saturated carbocycles. The highest BCUT2D eigenvalue weighted by Gasteiger charge is 2.23. The van der Waals surface area contributed by atoms with Gasteiger partial charge in [-0.1, -0.05) is 19.1 Å². The quantitative estimate of drug-likeness (QED) is 0.478. The van der Waals surface area contributed by atoms with Gasteiger partial charge in [0, 0.05) is 16.5 Å². The molecular weight excluding hydrogens is 450 g/mol. The first-order valence-corrected chi connectivity index (χ1v) is 12.4. The number of nitrogens with one attached hydrogen (secondary N) is 1. The summed E-state index contributed by atoms with van der Waals surface area (Å²) in [7, 11) is -1.79. The average Bonchev–Trinajstić information content (AvgIpc) is 3.22. The van der Waals surface area contributed by atoms with Gasteiger partial charge in [0.2, 0.25) is 0 Å². The Balaban J connectivity index is 1.92. The molecule has 32 heavy (non-hydrogen) atoms. The summed E-state index contributed by atoms with van der Waals surface area (Å²) in [6.07, 6.45) is 0. The van der Waals surface area contributed by atoms with Gasteiger partial charge >= 0.3 is 5.97 Å². The smallest absolute Gasteiger partial charge is 0.341 e. The minimum Gasteiger partial charge on any atom is -0.497 e. The molecule has 9 heteroatoms. The van der Waals surface area contributed by atoms with E-state index in [1.807, 2.05) is 12.1 Å². The van der Waals surface area contributed by atoms with Crippen LogP contribution in [-0.4, -0.2) is 39.8 Å². The maximum Gasteiger partial charge on any atom is 0.341 e. The zero-order valence-electron chi connectivity index (χ0n) is 17.9. The number of esters is 1. The summed E-state index contributed by atoms with van der Waals surface area (Å²) in [5, 5.41) is 4.89. The van der Waals surface area contributed by atoms with Crippen LogP contribution in [0.25, 0.3) is 11.1 Å². The first kappa shape index (κ1) is 23.5. The summed E-state index contributed by atoms with van der Waals surface area (Å²) in [6.45, 7) is 3.46. The second kappa shape index (κ2) is 9.97. The number of sulfone groups is 1. The SMILES string of the molecule is CCOC(=O)c1c(-c2ccc(OC)cc2)csc1NC(=O)c1ccc(S(=O)(=O)CC)cc1. The van der Waals surface area contributed by atoms with E-state index in [0.29, 0.717) is 16.3 Å². The van der Waals surface area contributed by atoms with Crippen LogP contribution in [0.3, 0.4) is 0 Å². The lowest BCUT2D eigenvalue weighted by molar-refractivity contribution is 0.0529. The monoisotopic (exact) mass is 473 g/mol. The highest BCUT2D eigenvalue weighted by Crippen LogP contribution is 2.37. The largest absolute Gasteiger partial charge is 0.497 e. The van der Waals surface area contributed by atoms with E-state index in [1.54, 1.807) is 38.5 Å². The Morgan fingerprint density at radius 2 is 1.66 bits per heavy atom. The van der Waals surface area contributed by atoms with Gasteiger partial charge in [-0.3, -0.25) is 4.79 Å². The number of hydrogen-bond acceptors (Lipinski definition) is 7. The second-order valence-electron chi connectivity index (χ2n) is 6.68. The van der Waals surface area contributed by atoms with Gasteiger partial charge in [-0.15, -0.1) is 11.3 Å². The number of ether oxygens (including phenoxy) is 2. The van der Waals surface area contributed by atoms with Crippen molar-refractivity contribution >= 4 is 38.1 Å². The van der Waals surface area contributed by atoms with Crippen molar-refractivity contribution in [3.63, 3.8) is 0 Å². The number of thiophene rings is 1. The molecule has 2 aromatic carbocycles. The van der Waals surface area contributed by atoms with E-state index in [1.165, 1.54) is 35.6 Å². The van der Waals surface area contributed by atoms with Crippen molar-refractivity contribution in [2.24, 2.45) is 0 Å². The molecule has 0 saturated heterocycles. The van der Waals surface area contributed by atoms with E-state index >= 15 is 0 Å². The van der Waals surface area contributed by atoms with Crippen LogP contribution in [0.4, 0.5) is 5.00 Å². The Morgan fingerprint density at radius 1 is 1.00 bits per heavy atom. The Morgan fingerprint density at radius 3 is 2.22 bits per heavy atom. The van der Waals surface area contributed by atoms with Gasteiger partial charge in [0.15, 0.2) is 9.84 Å². The zero-order valence-corrected chi connectivity index (χ0v) is 19.5. The predicted octanol–water partition coefficient (Wildman–Crippen LogP) is 4.65. The number of hydrogen-bond donors (Lipinski definition) is 1. The van der Waals surface area contributed by atoms with E-state index in [-0.39, 0.29) is 28.4 Å². The van der Waals surface area contributed by atoms with Crippen molar-refractivity contribution < 1.29 is 27.5 Å². The molecule has 0 aliphatic heterocycles. The second-order valence-corrected chi connectivity index (χ2v) is 9.84. The number of rotatable bonds is 8. The molecular formula is C23H23NO6S2. The molecule has 0 aliphatic rings. The minimum atomic E-state index is -3.36. The van der Waals surface area contributed by atoms with Gasteiger partial charge in [0.1, 0.15) is 16.3 Å². The maximum absolute atomic E-state index is 12.8. The number of carbonyl (C=O) groups is 2. The zero-order chi connectivity index (χ0) is 23.3. The molecule has 1 aromatic heterocycles. The Bertz CT molecular complexity index is 1210. The van der Waals surface area contributed by atoms with Gasteiger partial charge in [-0.05, 0) is 48.9 Å². The standard InChI is InChI=1S/C23H23NO6S2/c1-4-30-23(26)20-19(15-6-10-17(29-3)11-7-15)14-31-22(20)24-21(25)16-8-12-18(13-9-16)32(27,28)5-2/h6-14H,4-5H2,1-3H3,(H,24,25). The summed E-state index contributed by atoms with van der Waals surface area (Å²) in [5.74, 6) is -0.341. The van der Waals surface area contributed by atoms with Crippen LogP contribution >= 0.6 is 11.3 Å². The number of anilines is 1. The first-order valence-electron chi connectivity index (χ1n) is 9.88. The summed E-state index contributed by atoms with van der Waals surface area (Å²) in [6, 6.07) is 12.9. The molecule has 0 aliphatic carbocycles. The molecule has 0 unspecified atom stereocenters. The fourth-order valence-electron chi connectivity index (χ4n) is 2.99. The lowest BCUT2D eigenvalue weighted by Gasteiger charge is -2.10. The normalized spacial score (nSPS) is 11.1. The highest BCUT2D eigenvalue weighted by molar-refractivity contribution is 7.91. The van der Waals surface area contributed by atoms with Crippen molar-refractivity contribution in [1.82, 2.24) is 0 Å². The molecule has 0 atom stereocenters. The van der Waals surface area contributed by atoms with Crippen LogP contribution in [0, 0.1) is 0 Å². The summed E-state index contributed by atoms with van der Waals surface area (Å²) in [4.78, 5) is 25.6. The number of amides is 1. The molecule has 1 amide bonds. The van der Waals surface area contributed by atoms with Gasteiger partial charge in [-0.2, -0.15) is 0 Å². The summed E-state index contributed by atoms with van der Waals surface area (Å²) >= 11 is 1.21. The van der Waals surface area contributed by atoms with E-state index in [4.69, 9.17) is 9.47 Å². The Kier molecular flexibility index (Phi) is 7.32. The third-order valence-corrected chi connectivity index (χ3v) is 7.40. The third-order valence-electron chi connectivity index (χ3n) is 4.75. The van der Waals surface area contributed by atoms with Gasteiger partial charge in [-0.25, -0.2) is 13.2 Å². The number of carbonyl (C=O) groups excluding carboxylic acids is 2. The summed E-state index contributed by atoms with van der Waals surface area (Å²) in [5.41, 5.74) is 1.95. The molecule has 168 valence electrons. The molecule has 0 bridgehead atoms. The number of benzene rings is 2. The fourth-order valence-corrected chi connectivity index (χ4v) is 4.83. The van der Waals surface area contributed by atoms with Gasteiger partial charge in [0.25, 0.3) is 5.91 Å². The van der Waals surface area contributed by atoms with Crippen molar-refractivity contribution in [3.05, 3.63) is 65.0 Å². The van der Waals surface area contributed by atoms with Crippen LogP contribution in [0.5, 0.6) is 5.75 Å². The molecule has 0 fully saturated rings. The van der Waals surface area contributed by atoms with E-state index in [2.05, 4.69) is 5.32 Å². The van der Waals surface area contributed by atoms with Crippen molar-refractivity contribution in [1.29, 1.82) is 0 Å². The van der Waals surface area contributed by atoms with Crippen molar-refractivity contribution in [2.45, 2.75) is 18.7 Å². The molecule has 0 spiro atoms.